The highest BCUT2D eigenvalue weighted by Crippen LogP contribution is 2.29. The predicted molar refractivity (Wildman–Crippen MR) is 85.9 cm³/mol. The molecule has 1 N–H and O–H groups in total. The molecule has 3 heterocycles. The average molecular weight is 315 g/mol. The Kier molecular flexibility index (Phi) is 5.66. The Morgan fingerprint density at radius 2 is 2.38 bits per heavy atom. The average Bonchev–Trinajstić information content (AvgIpc) is 3.08. The minimum absolute atomic E-state index is 0. The molecule has 0 aliphatic carbocycles. The number of nitrogens with zero attached hydrogens (tertiary/aromatic N) is 3. The minimum atomic E-state index is 0. The van der Waals surface area contributed by atoms with Crippen LogP contribution in [0.3, 0.4) is 0 Å². The summed E-state index contributed by atoms with van der Waals surface area (Å²) in [6, 6.07) is 0. The van der Waals surface area contributed by atoms with Crippen LogP contribution in [0.4, 0.5) is 0 Å². The van der Waals surface area contributed by atoms with E-state index >= 15 is 0 Å². The summed E-state index contributed by atoms with van der Waals surface area (Å²) in [7, 11) is 0. The van der Waals surface area contributed by atoms with Gasteiger partial charge in [-0.15, -0.1) is 12.4 Å². The Bertz CT molecular complexity index is 445. The van der Waals surface area contributed by atoms with Gasteiger partial charge in [0.2, 0.25) is 0 Å². The Balaban J connectivity index is 0.00000161. The summed E-state index contributed by atoms with van der Waals surface area (Å²) in [5.41, 5.74) is 1.64. The molecular weight excluding hydrogens is 288 g/mol. The van der Waals surface area contributed by atoms with E-state index in [9.17, 15) is 0 Å². The summed E-state index contributed by atoms with van der Waals surface area (Å²) in [6.07, 6.45) is 5.54. The Morgan fingerprint density at radius 3 is 3.05 bits per heavy atom. The van der Waals surface area contributed by atoms with E-state index in [1.54, 1.807) is 0 Å². The molecule has 2 atom stereocenters. The zero-order valence-electron chi connectivity index (χ0n) is 13.0. The van der Waals surface area contributed by atoms with Crippen LogP contribution in [-0.4, -0.2) is 54.0 Å². The van der Waals surface area contributed by atoms with E-state index in [4.69, 9.17) is 4.74 Å². The van der Waals surface area contributed by atoms with Crippen molar-refractivity contribution in [1.29, 1.82) is 0 Å². The molecule has 0 saturated carbocycles. The van der Waals surface area contributed by atoms with Gasteiger partial charge in [0.05, 0.1) is 18.9 Å². The first-order chi connectivity index (χ1) is 9.68. The van der Waals surface area contributed by atoms with Crippen LogP contribution in [0.2, 0.25) is 0 Å². The fourth-order valence-corrected chi connectivity index (χ4v) is 3.31. The van der Waals surface area contributed by atoms with Gasteiger partial charge in [-0.1, -0.05) is 6.92 Å². The van der Waals surface area contributed by atoms with E-state index in [-0.39, 0.29) is 18.5 Å². The predicted octanol–water partition coefficient (Wildman–Crippen LogP) is 1.70. The third-order valence-electron chi connectivity index (χ3n) is 4.56. The molecule has 2 aliphatic heterocycles. The second-order valence-electron chi connectivity index (χ2n) is 6.46. The molecule has 0 spiro atoms. The lowest BCUT2D eigenvalue weighted by Gasteiger charge is -2.37. The molecule has 21 heavy (non-hydrogen) atoms. The minimum Gasteiger partial charge on any atom is -0.371 e. The van der Waals surface area contributed by atoms with Crippen molar-refractivity contribution in [3.05, 3.63) is 18.0 Å². The molecule has 2 unspecified atom stereocenters. The maximum atomic E-state index is 5.94. The van der Waals surface area contributed by atoms with E-state index in [1.807, 2.05) is 10.9 Å². The highest BCUT2D eigenvalue weighted by Gasteiger charge is 2.33. The number of halogens is 1. The van der Waals surface area contributed by atoms with Crippen molar-refractivity contribution < 1.29 is 4.74 Å². The Hall–Kier alpha value is -0.620. The van der Waals surface area contributed by atoms with Gasteiger partial charge in [0.25, 0.3) is 0 Å². The summed E-state index contributed by atoms with van der Waals surface area (Å²) < 4.78 is 7.91. The number of aryl methyl sites for hydroxylation is 1. The van der Waals surface area contributed by atoms with Crippen LogP contribution >= 0.6 is 12.4 Å². The van der Waals surface area contributed by atoms with Crippen molar-refractivity contribution in [2.24, 2.45) is 5.41 Å². The van der Waals surface area contributed by atoms with E-state index in [2.05, 4.69) is 35.4 Å². The van der Waals surface area contributed by atoms with E-state index in [0.717, 1.165) is 39.3 Å². The van der Waals surface area contributed by atoms with Crippen LogP contribution in [0.15, 0.2) is 12.4 Å². The number of nitrogens with one attached hydrogen (secondary N) is 1. The first kappa shape index (κ1) is 16.7. The van der Waals surface area contributed by atoms with E-state index in [0.29, 0.717) is 5.41 Å². The first-order valence-electron chi connectivity index (χ1n) is 7.75. The molecule has 2 saturated heterocycles. The number of hydrogen-bond donors (Lipinski definition) is 1. The molecular formula is C15H27ClN4O. The van der Waals surface area contributed by atoms with Gasteiger partial charge in [0.15, 0.2) is 0 Å². The molecule has 2 aliphatic rings. The molecule has 1 aromatic heterocycles. The summed E-state index contributed by atoms with van der Waals surface area (Å²) >= 11 is 0. The highest BCUT2D eigenvalue weighted by molar-refractivity contribution is 5.85. The maximum absolute atomic E-state index is 5.94. The fourth-order valence-electron chi connectivity index (χ4n) is 3.31. The lowest BCUT2D eigenvalue weighted by Crippen LogP contribution is -2.44. The molecule has 1 aromatic rings. The molecule has 5 nitrogen and oxygen atoms in total. The lowest BCUT2D eigenvalue weighted by atomic mass is 9.89. The molecule has 2 fully saturated rings. The summed E-state index contributed by atoms with van der Waals surface area (Å²) in [5.74, 6) is 0. The quantitative estimate of drug-likeness (QED) is 0.918. The SMILES string of the molecule is CCn1cc(C2CN(CC3(C)CCNC3)CCO2)cn1.Cl. The molecule has 0 radical (unpaired) electrons. The zero-order valence-corrected chi connectivity index (χ0v) is 13.9. The van der Waals surface area contributed by atoms with E-state index in [1.165, 1.54) is 18.5 Å². The number of rotatable bonds is 4. The maximum Gasteiger partial charge on any atom is 0.0982 e. The zero-order chi connectivity index (χ0) is 14.0. The van der Waals surface area contributed by atoms with Gasteiger partial charge in [0, 0.05) is 44.5 Å². The van der Waals surface area contributed by atoms with Gasteiger partial charge in [-0.25, -0.2) is 0 Å². The molecule has 120 valence electrons. The van der Waals surface area contributed by atoms with Crippen molar-refractivity contribution in [2.45, 2.75) is 32.9 Å². The highest BCUT2D eigenvalue weighted by atomic mass is 35.5. The molecule has 0 amide bonds. The molecule has 0 aromatic carbocycles. The van der Waals surface area contributed by atoms with Crippen molar-refractivity contribution in [2.75, 3.05) is 39.3 Å². The number of aromatic nitrogens is 2. The van der Waals surface area contributed by atoms with Gasteiger partial charge in [0.1, 0.15) is 0 Å². The number of hydrogen-bond acceptors (Lipinski definition) is 4. The lowest BCUT2D eigenvalue weighted by molar-refractivity contribution is -0.0400. The van der Waals surface area contributed by atoms with Crippen LogP contribution in [0.1, 0.15) is 31.9 Å². The second kappa shape index (κ2) is 7.09. The van der Waals surface area contributed by atoms with Gasteiger partial charge >= 0.3 is 0 Å². The smallest absolute Gasteiger partial charge is 0.0982 e. The third kappa shape index (κ3) is 3.97. The molecule has 3 rings (SSSR count). The van der Waals surface area contributed by atoms with Gasteiger partial charge < -0.3 is 10.1 Å². The third-order valence-corrected chi connectivity index (χ3v) is 4.56. The Morgan fingerprint density at radius 1 is 1.52 bits per heavy atom. The largest absolute Gasteiger partial charge is 0.371 e. The van der Waals surface area contributed by atoms with Crippen molar-refractivity contribution >= 4 is 12.4 Å². The van der Waals surface area contributed by atoms with Gasteiger partial charge in [-0.3, -0.25) is 9.58 Å². The fraction of sp³-hybridized carbons (Fsp3) is 0.800. The van der Waals surface area contributed by atoms with E-state index < -0.39 is 0 Å². The van der Waals surface area contributed by atoms with Crippen LogP contribution in [-0.2, 0) is 11.3 Å². The van der Waals surface area contributed by atoms with Crippen LogP contribution in [0, 0.1) is 5.41 Å². The summed E-state index contributed by atoms with van der Waals surface area (Å²) in [4.78, 5) is 2.56. The standard InChI is InChI=1S/C15H26N4O.ClH/c1-3-19-9-13(8-17-19)14-10-18(6-7-20-14)12-15(2)4-5-16-11-15;/h8-9,14,16H,3-7,10-12H2,1-2H3;1H. The van der Waals surface area contributed by atoms with Crippen LogP contribution < -0.4 is 5.32 Å². The van der Waals surface area contributed by atoms with Crippen LogP contribution in [0.25, 0.3) is 0 Å². The summed E-state index contributed by atoms with van der Waals surface area (Å²) in [5, 5.41) is 7.84. The normalized spacial score (nSPS) is 30.3. The number of morpholine rings is 1. The van der Waals surface area contributed by atoms with Crippen molar-refractivity contribution in [1.82, 2.24) is 20.0 Å². The second-order valence-corrected chi connectivity index (χ2v) is 6.46. The number of ether oxygens (including phenoxy) is 1. The Labute approximate surface area is 133 Å². The van der Waals surface area contributed by atoms with Gasteiger partial charge in [-0.05, 0) is 25.3 Å². The first-order valence-corrected chi connectivity index (χ1v) is 7.75. The van der Waals surface area contributed by atoms with Crippen LogP contribution in [0.5, 0.6) is 0 Å². The molecule has 6 heteroatoms. The topological polar surface area (TPSA) is 42.3 Å². The van der Waals surface area contributed by atoms with Crippen molar-refractivity contribution in [3.63, 3.8) is 0 Å². The monoisotopic (exact) mass is 314 g/mol. The molecule has 0 bridgehead atoms. The van der Waals surface area contributed by atoms with Gasteiger partial charge in [-0.2, -0.15) is 5.10 Å². The van der Waals surface area contributed by atoms with Crippen molar-refractivity contribution in [3.8, 4) is 0 Å². The summed E-state index contributed by atoms with van der Waals surface area (Å²) in [6.45, 7) is 11.8.